The molecular weight excluding hydrogens is 621 g/mol. The lowest BCUT2D eigenvalue weighted by molar-refractivity contribution is -0.203. The highest BCUT2D eigenvalue weighted by molar-refractivity contribution is 7.92. The Morgan fingerprint density at radius 2 is 1.65 bits per heavy atom. The average molecular weight is 673 g/mol. The molecule has 2 N–H and O–H groups in total. The van der Waals surface area contributed by atoms with Crippen molar-refractivity contribution in [2.75, 3.05) is 19.0 Å². The molecule has 0 heterocycles. The Labute approximate surface area is 271 Å². The van der Waals surface area contributed by atoms with Crippen molar-refractivity contribution in [3.05, 3.63) is 24.3 Å². The number of alkyl halides is 3. The summed E-state index contributed by atoms with van der Waals surface area (Å²) >= 11 is 0. The number of sulfone groups is 1. The third-order valence-electron chi connectivity index (χ3n) is 12.9. The predicted molar refractivity (Wildman–Crippen MR) is 167 cm³/mol. The third kappa shape index (κ3) is 6.84. The molecule has 4 aliphatic carbocycles. The van der Waals surface area contributed by atoms with E-state index in [1.54, 1.807) is 0 Å². The number of rotatable bonds is 10. The molecule has 4 fully saturated rings. The fourth-order valence-electron chi connectivity index (χ4n) is 10.7. The summed E-state index contributed by atoms with van der Waals surface area (Å²) in [5.74, 6) is 0.503. The molecule has 11 atom stereocenters. The van der Waals surface area contributed by atoms with Gasteiger partial charge in [-0.15, -0.1) is 0 Å². The van der Waals surface area contributed by atoms with Gasteiger partial charge in [-0.05, 0) is 128 Å². The molecule has 0 amide bonds. The summed E-state index contributed by atoms with van der Waals surface area (Å²) in [6.07, 6.45) is 3.36. The van der Waals surface area contributed by atoms with Gasteiger partial charge in [-0.1, -0.05) is 34.1 Å². The van der Waals surface area contributed by atoms with Crippen LogP contribution in [0, 0.1) is 52.3 Å². The van der Waals surface area contributed by atoms with Gasteiger partial charge in [0.05, 0.1) is 23.7 Å². The molecule has 11 heteroatoms. The zero-order valence-corrected chi connectivity index (χ0v) is 28.3. The number of fused-ring (bicyclic) bond motifs is 5. The number of carbonyl (C=O) groups excluding carboxylic acids is 1. The Kier molecular flexibility index (Phi) is 10.2. The van der Waals surface area contributed by atoms with Crippen LogP contribution in [0.1, 0.15) is 85.5 Å². The normalized spacial score (nSPS) is 38.3. The topological polar surface area (TPSA) is 110 Å². The highest BCUT2D eigenvalue weighted by Gasteiger charge is 2.64. The minimum absolute atomic E-state index is 0.0700. The number of aliphatic hydroxyl groups excluding tert-OH is 2. The molecule has 0 aromatic heterocycles. The van der Waals surface area contributed by atoms with Crippen LogP contribution in [-0.2, 0) is 19.4 Å². The van der Waals surface area contributed by atoms with Crippen LogP contribution in [0.4, 0.5) is 13.2 Å². The first-order valence-corrected chi connectivity index (χ1v) is 18.7. The number of halogens is 3. The van der Waals surface area contributed by atoms with Gasteiger partial charge in [-0.3, -0.25) is 4.79 Å². The Bertz CT molecular complexity index is 1330. The van der Waals surface area contributed by atoms with Gasteiger partial charge in [0, 0.05) is 0 Å². The van der Waals surface area contributed by atoms with Crippen molar-refractivity contribution in [3.8, 4) is 5.75 Å². The highest BCUT2D eigenvalue weighted by Crippen LogP contribution is 2.69. The van der Waals surface area contributed by atoms with Gasteiger partial charge >= 0.3 is 12.1 Å². The summed E-state index contributed by atoms with van der Waals surface area (Å²) < 4.78 is 72.6. The Morgan fingerprint density at radius 3 is 2.30 bits per heavy atom. The van der Waals surface area contributed by atoms with Crippen LogP contribution in [-0.4, -0.2) is 62.0 Å². The van der Waals surface area contributed by atoms with Gasteiger partial charge in [0.25, 0.3) is 0 Å². The second-order valence-electron chi connectivity index (χ2n) is 15.2. The van der Waals surface area contributed by atoms with Gasteiger partial charge in [0.2, 0.25) is 0 Å². The zero-order chi connectivity index (χ0) is 33.7. The predicted octanol–water partition coefficient (Wildman–Crippen LogP) is 6.60. The van der Waals surface area contributed by atoms with Crippen molar-refractivity contribution < 1.29 is 46.1 Å². The smallest absolute Gasteiger partial charge is 0.422 e. The van der Waals surface area contributed by atoms with E-state index in [4.69, 9.17) is 4.74 Å². The molecule has 0 unspecified atom stereocenters. The van der Waals surface area contributed by atoms with E-state index in [2.05, 4.69) is 32.4 Å². The van der Waals surface area contributed by atoms with Crippen molar-refractivity contribution in [1.29, 1.82) is 0 Å². The summed E-state index contributed by atoms with van der Waals surface area (Å²) in [7, 11) is -4.04. The maximum absolute atomic E-state index is 12.7. The molecule has 1 aromatic rings. The fraction of sp³-hybridized carbons (Fsp3) is 0.800. The van der Waals surface area contributed by atoms with Crippen molar-refractivity contribution >= 4 is 15.8 Å². The van der Waals surface area contributed by atoms with E-state index in [9.17, 15) is 36.6 Å². The van der Waals surface area contributed by atoms with Crippen molar-refractivity contribution in [1.82, 2.24) is 0 Å². The second-order valence-corrected chi connectivity index (χ2v) is 17.2. The first-order valence-electron chi connectivity index (χ1n) is 17.0. The molecule has 5 rings (SSSR count). The molecule has 0 spiro atoms. The maximum atomic E-state index is 12.7. The van der Waals surface area contributed by atoms with Crippen LogP contribution in [0.2, 0.25) is 0 Å². The fourth-order valence-corrected chi connectivity index (χ4v) is 11.8. The van der Waals surface area contributed by atoms with E-state index in [1.807, 2.05) is 0 Å². The van der Waals surface area contributed by atoms with E-state index in [1.165, 1.54) is 0 Å². The Hall–Kier alpha value is -1.85. The average Bonchev–Trinajstić information content (AvgIpc) is 3.34. The molecule has 0 aliphatic heterocycles. The van der Waals surface area contributed by atoms with Crippen LogP contribution in [0.5, 0.6) is 5.75 Å². The molecule has 46 heavy (non-hydrogen) atoms. The van der Waals surface area contributed by atoms with Crippen LogP contribution >= 0.6 is 0 Å². The van der Waals surface area contributed by atoms with E-state index in [0.29, 0.717) is 30.1 Å². The molecule has 260 valence electrons. The Morgan fingerprint density at radius 1 is 1.00 bits per heavy atom. The van der Waals surface area contributed by atoms with Crippen LogP contribution < -0.4 is 4.74 Å². The number of carbonyl (C=O) groups is 1. The summed E-state index contributed by atoms with van der Waals surface area (Å²) in [6.45, 7) is 7.81. The number of ether oxygens (including phenoxy) is 2. The van der Waals surface area contributed by atoms with Crippen molar-refractivity contribution in [2.24, 2.45) is 52.3 Å². The molecule has 0 bridgehead atoms. The number of esters is 1. The number of aliphatic hydroxyl groups is 2. The molecule has 4 aliphatic rings. The van der Waals surface area contributed by atoms with E-state index in [-0.39, 0.29) is 58.0 Å². The van der Waals surface area contributed by atoms with Gasteiger partial charge in [-0.2, -0.15) is 13.2 Å². The highest BCUT2D eigenvalue weighted by atomic mass is 32.2. The second kappa shape index (κ2) is 13.2. The third-order valence-corrected chi connectivity index (χ3v) is 14.5. The summed E-state index contributed by atoms with van der Waals surface area (Å²) in [4.78, 5) is 12.3. The van der Waals surface area contributed by atoms with Gasteiger partial charge in [0.1, 0.15) is 5.75 Å². The zero-order valence-electron chi connectivity index (χ0n) is 27.5. The monoisotopic (exact) mass is 672 g/mol. The van der Waals surface area contributed by atoms with E-state index >= 15 is 0 Å². The van der Waals surface area contributed by atoms with Gasteiger partial charge < -0.3 is 19.7 Å². The molecular formula is C35H51F3O7S. The van der Waals surface area contributed by atoms with Gasteiger partial charge in [-0.25, -0.2) is 8.42 Å². The lowest BCUT2D eigenvalue weighted by atomic mass is 9.41. The first-order chi connectivity index (χ1) is 21.5. The summed E-state index contributed by atoms with van der Waals surface area (Å²) in [6, 6.07) is 4.49. The maximum Gasteiger partial charge on any atom is 0.422 e. The number of hydrogen-bond donors (Lipinski definition) is 2. The lowest BCUT2D eigenvalue weighted by Crippen LogP contribution is -2.62. The summed E-state index contributed by atoms with van der Waals surface area (Å²) in [5, 5.41) is 22.4. The standard InChI is InChI=1S/C35H51F3O7S/c1-5-25-29-18-22(39)12-15-34(29,4)28-13-16-33(3)26(10-11-27(33)31(28)32(25)41)21(2)14-17-44-30(40)19-46(42,43)24-8-6-23(7-9-24)45-20-35(36,37)38/h6-9,21-22,25-29,31-32,39,41H,5,10-20H2,1-4H3/t21-,22-,25-,26-,27+,28+,29+,31+,32-,33-,34-/m1/s1. The molecule has 7 nitrogen and oxygen atoms in total. The summed E-state index contributed by atoms with van der Waals surface area (Å²) in [5.41, 5.74) is 0.215. The van der Waals surface area contributed by atoms with E-state index < -0.39 is 34.3 Å². The molecule has 0 saturated heterocycles. The Balaban J connectivity index is 1.16. The van der Waals surface area contributed by atoms with Crippen molar-refractivity contribution in [3.63, 3.8) is 0 Å². The minimum Gasteiger partial charge on any atom is -0.484 e. The van der Waals surface area contributed by atoms with Crippen LogP contribution in [0.3, 0.4) is 0 Å². The van der Waals surface area contributed by atoms with Crippen LogP contribution in [0.25, 0.3) is 0 Å². The SMILES string of the molecule is CC[C@H]1[C@@H](O)[C@@H]2[C@H](CC[C@]3(C)[C@@H]([C@H](C)CCOC(=O)CS(=O)(=O)c4ccc(OCC(F)(F)F)cc4)CC[C@@H]23)[C@@]2(C)CC[C@@H](O)C[C@@H]12. The quantitative estimate of drug-likeness (QED) is 0.270. The largest absolute Gasteiger partial charge is 0.484 e. The first kappa shape index (κ1) is 35.5. The molecule has 0 radical (unpaired) electrons. The molecule has 4 saturated carbocycles. The van der Waals surface area contributed by atoms with Crippen molar-refractivity contribution in [2.45, 2.75) is 109 Å². The van der Waals surface area contributed by atoms with Gasteiger partial charge in [0.15, 0.2) is 22.2 Å². The molecule has 1 aromatic carbocycles. The number of benzene rings is 1. The lowest BCUT2D eigenvalue weighted by Gasteiger charge is -2.64. The van der Waals surface area contributed by atoms with Crippen LogP contribution in [0.15, 0.2) is 29.2 Å². The van der Waals surface area contributed by atoms with E-state index in [0.717, 1.165) is 75.6 Å². The minimum atomic E-state index is -4.51. The number of hydrogen-bond acceptors (Lipinski definition) is 7.